The molecule has 1 aromatic heterocycles. The van der Waals surface area contributed by atoms with Crippen LogP contribution in [0.25, 0.3) is 0 Å². The normalized spacial score (nSPS) is 20.1. The van der Waals surface area contributed by atoms with Crippen LogP contribution in [0, 0.1) is 0 Å². The Balaban J connectivity index is 2.08. The summed E-state index contributed by atoms with van der Waals surface area (Å²) in [6, 6.07) is 3.38. The lowest BCUT2D eigenvalue weighted by molar-refractivity contribution is 0.0985. The average Bonchev–Trinajstić information content (AvgIpc) is 2.30. The topological polar surface area (TPSA) is 80.5 Å². The third kappa shape index (κ3) is 2.85. The highest BCUT2D eigenvalue weighted by atomic mass is 16.5. The SMILES string of the molecule is CC1COCCN1c1ccc(NC(N)=O)cn1. The van der Waals surface area contributed by atoms with Gasteiger partial charge in [0.1, 0.15) is 5.82 Å². The highest BCUT2D eigenvalue weighted by molar-refractivity contribution is 5.87. The molecule has 0 saturated carbocycles. The molecule has 0 aromatic carbocycles. The van der Waals surface area contributed by atoms with Gasteiger partial charge >= 0.3 is 6.03 Å². The molecule has 0 spiro atoms. The molecule has 1 fully saturated rings. The van der Waals surface area contributed by atoms with Gasteiger partial charge in [-0.15, -0.1) is 0 Å². The van der Waals surface area contributed by atoms with Gasteiger partial charge in [-0.1, -0.05) is 0 Å². The number of carbonyl (C=O) groups is 1. The number of primary amides is 1. The van der Waals surface area contributed by atoms with E-state index in [1.165, 1.54) is 0 Å². The van der Waals surface area contributed by atoms with Gasteiger partial charge in [0.25, 0.3) is 0 Å². The van der Waals surface area contributed by atoms with E-state index in [0.717, 1.165) is 12.4 Å². The lowest BCUT2D eigenvalue weighted by Crippen LogP contribution is -2.44. The molecule has 0 bridgehead atoms. The number of aromatic nitrogens is 1. The number of carbonyl (C=O) groups excluding carboxylic acids is 1. The van der Waals surface area contributed by atoms with Gasteiger partial charge in [0.15, 0.2) is 0 Å². The number of rotatable bonds is 2. The Morgan fingerprint density at radius 3 is 3.06 bits per heavy atom. The van der Waals surface area contributed by atoms with E-state index in [1.807, 2.05) is 6.07 Å². The first-order valence-corrected chi connectivity index (χ1v) is 5.53. The van der Waals surface area contributed by atoms with Gasteiger partial charge in [-0.3, -0.25) is 0 Å². The fourth-order valence-corrected chi connectivity index (χ4v) is 1.84. The van der Waals surface area contributed by atoms with Crippen molar-refractivity contribution in [2.75, 3.05) is 30.0 Å². The number of nitrogens with two attached hydrogens (primary N) is 1. The number of amides is 2. The van der Waals surface area contributed by atoms with Crippen LogP contribution >= 0.6 is 0 Å². The van der Waals surface area contributed by atoms with E-state index in [4.69, 9.17) is 10.5 Å². The Morgan fingerprint density at radius 2 is 2.47 bits per heavy atom. The fourth-order valence-electron chi connectivity index (χ4n) is 1.84. The number of nitrogens with one attached hydrogen (secondary N) is 1. The van der Waals surface area contributed by atoms with Gasteiger partial charge < -0.3 is 20.7 Å². The van der Waals surface area contributed by atoms with Gasteiger partial charge in [0, 0.05) is 6.54 Å². The number of morpholine rings is 1. The second kappa shape index (κ2) is 5.01. The van der Waals surface area contributed by atoms with Crippen molar-refractivity contribution in [3.05, 3.63) is 18.3 Å². The molecule has 92 valence electrons. The van der Waals surface area contributed by atoms with E-state index >= 15 is 0 Å². The molecule has 1 unspecified atom stereocenters. The Bertz CT molecular complexity index is 393. The molecule has 6 nitrogen and oxygen atoms in total. The van der Waals surface area contributed by atoms with E-state index < -0.39 is 6.03 Å². The summed E-state index contributed by atoms with van der Waals surface area (Å²) in [5, 5.41) is 2.48. The van der Waals surface area contributed by atoms with Crippen molar-refractivity contribution in [3.63, 3.8) is 0 Å². The summed E-state index contributed by atoms with van der Waals surface area (Å²) in [7, 11) is 0. The number of nitrogens with zero attached hydrogens (tertiary/aromatic N) is 2. The lowest BCUT2D eigenvalue weighted by atomic mass is 10.2. The highest BCUT2D eigenvalue weighted by Gasteiger charge is 2.19. The average molecular weight is 236 g/mol. The molecule has 17 heavy (non-hydrogen) atoms. The number of hydrogen-bond acceptors (Lipinski definition) is 4. The Morgan fingerprint density at radius 1 is 1.65 bits per heavy atom. The summed E-state index contributed by atoms with van der Waals surface area (Å²) in [6.07, 6.45) is 1.60. The molecule has 1 atom stereocenters. The predicted octanol–water partition coefficient (Wildman–Crippen LogP) is 0.797. The van der Waals surface area contributed by atoms with Gasteiger partial charge in [-0.25, -0.2) is 9.78 Å². The van der Waals surface area contributed by atoms with Gasteiger partial charge in [0.2, 0.25) is 0 Å². The van der Waals surface area contributed by atoms with Crippen LogP contribution < -0.4 is 16.0 Å². The van der Waals surface area contributed by atoms with E-state index in [9.17, 15) is 4.79 Å². The molecule has 1 aliphatic rings. The van der Waals surface area contributed by atoms with Crippen molar-refractivity contribution >= 4 is 17.5 Å². The van der Waals surface area contributed by atoms with Crippen molar-refractivity contribution in [1.82, 2.24) is 4.98 Å². The number of ether oxygens (including phenoxy) is 1. The monoisotopic (exact) mass is 236 g/mol. The lowest BCUT2D eigenvalue weighted by Gasteiger charge is -2.34. The minimum absolute atomic E-state index is 0.311. The summed E-state index contributed by atoms with van der Waals surface area (Å²) >= 11 is 0. The number of hydrogen-bond donors (Lipinski definition) is 2. The molecule has 0 radical (unpaired) electrons. The zero-order valence-electron chi connectivity index (χ0n) is 9.72. The quantitative estimate of drug-likeness (QED) is 0.795. The van der Waals surface area contributed by atoms with Crippen LogP contribution in [0.5, 0.6) is 0 Å². The van der Waals surface area contributed by atoms with Crippen LogP contribution in [0.2, 0.25) is 0 Å². The first-order chi connectivity index (χ1) is 8.16. The second-order valence-electron chi connectivity index (χ2n) is 4.01. The maximum absolute atomic E-state index is 10.7. The zero-order valence-corrected chi connectivity index (χ0v) is 9.72. The summed E-state index contributed by atoms with van der Waals surface area (Å²) in [5.74, 6) is 0.885. The summed E-state index contributed by atoms with van der Waals surface area (Å²) in [6.45, 7) is 4.35. The number of pyridine rings is 1. The van der Waals surface area contributed by atoms with Crippen LogP contribution in [0.15, 0.2) is 18.3 Å². The maximum Gasteiger partial charge on any atom is 0.316 e. The minimum Gasteiger partial charge on any atom is -0.377 e. The Labute approximate surface area is 99.8 Å². The van der Waals surface area contributed by atoms with Crippen molar-refractivity contribution in [1.29, 1.82) is 0 Å². The van der Waals surface area contributed by atoms with Crippen molar-refractivity contribution in [2.45, 2.75) is 13.0 Å². The largest absolute Gasteiger partial charge is 0.377 e. The maximum atomic E-state index is 10.7. The van der Waals surface area contributed by atoms with Crippen molar-refractivity contribution in [2.24, 2.45) is 5.73 Å². The van der Waals surface area contributed by atoms with Gasteiger partial charge in [-0.05, 0) is 19.1 Å². The Hall–Kier alpha value is -1.82. The van der Waals surface area contributed by atoms with E-state index in [1.54, 1.807) is 12.3 Å². The molecule has 1 aliphatic heterocycles. The third-order valence-corrected chi connectivity index (χ3v) is 2.68. The molecule has 2 amide bonds. The third-order valence-electron chi connectivity index (χ3n) is 2.68. The zero-order chi connectivity index (χ0) is 12.3. The first-order valence-electron chi connectivity index (χ1n) is 5.53. The molecule has 2 rings (SSSR count). The van der Waals surface area contributed by atoms with Crippen LogP contribution in [0.1, 0.15) is 6.92 Å². The predicted molar refractivity (Wildman–Crippen MR) is 65.1 cm³/mol. The van der Waals surface area contributed by atoms with Crippen LogP contribution in [0.3, 0.4) is 0 Å². The number of urea groups is 1. The van der Waals surface area contributed by atoms with Gasteiger partial charge in [-0.2, -0.15) is 0 Å². The van der Waals surface area contributed by atoms with Crippen molar-refractivity contribution in [3.8, 4) is 0 Å². The summed E-state index contributed by atoms with van der Waals surface area (Å²) in [5.41, 5.74) is 5.62. The Kier molecular flexibility index (Phi) is 3.43. The van der Waals surface area contributed by atoms with Crippen molar-refractivity contribution < 1.29 is 9.53 Å². The van der Waals surface area contributed by atoms with Crippen LogP contribution in [-0.4, -0.2) is 36.8 Å². The molecule has 1 aromatic rings. The summed E-state index contributed by atoms with van der Waals surface area (Å²) in [4.78, 5) is 17.1. The standard InChI is InChI=1S/C11H16N4O2/c1-8-7-17-5-4-15(8)10-3-2-9(6-13-10)14-11(12)16/h2-3,6,8H,4-5,7H2,1H3,(H3,12,14,16). The molecular formula is C11H16N4O2. The highest BCUT2D eigenvalue weighted by Crippen LogP contribution is 2.18. The molecule has 6 heteroatoms. The molecule has 3 N–H and O–H groups in total. The van der Waals surface area contributed by atoms with E-state index in [2.05, 4.69) is 22.1 Å². The molecule has 0 aliphatic carbocycles. The molecular weight excluding hydrogens is 220 g/mol. The first kappa shape index (κ1) is 11.7. The summed E-state index contributed by atoms with van der Waals surface area (Å²) < 4.78 is 5.37. The fraction of sp³-hybridized carbons (Fsp3) is 0.455. The van der Waals surface area contributed by atoms with E-state index in [0.29, 0.717) is 24.9 Å². The van der Waals surface area contributed by atoms with Crippen LogP contribution in [-0.2, 0) is 4.74 Å². The minimum atomic E-state index is -0.584. The van der Waals surface area contributed by atoms with E-state index in [-0.39, 0.29) is 0 Å². The smallest absolute Gasteiger partial charge is 0.316 e. The molecule has 2 heterocycles. The van der Waals surface area contributed by atoms with Crippen LogP contribution in [0.4, 0.5) is 16.3 Å². The number of anilines is 2. The van der Waals surface area contributed by atoms with Gasteiger partial charge in [0.05, 0.1) is 31.1 Å². The molecule has 1 saturated heterocycles. The second-order valence-corrected chi connectivity index (χ2v) is 4.01.